The van der Waals surface area contributed by atoms with Crippen LogP contribution >= 0.6 is 0 Å². The summed E-state index contributed by atoms with van der Waals surface area (Å²) in [5.41, 5.74) is 4.10. The molecule has 0 bridgehead atoms. The van der Waals surface area contributed by atoms with Gasteiger partial charge < -0.3 is 5.32 Å². The van der Waals surface area contributed by atoms with Gasteiger partial charge in [0.2, 0.25) is 0 Å². The van der Waals surface area contributed by atoms with E-state index in [-0.39, 0.29) is 0 Å². The van der Waals surface area contributed by atoms with E-state index in [0.717, 1.165) is 0 Å². The van der Waals surface area contributed by atoms with Gasteiger partial charge in [0.1, 0.15) is 0 Å². The van der Waals surface area contributed by atoms with Crippen LogP contribution in [0, 0.1) is 13.8 Å². The minimum Gasteiger partial charge on any atom is -0.313 e. The quantitative estimate of drug-likeness (QED) is 0.706. The first-order valence-electron chi connectivity index (χ1n) is 4.39. The molecule has 0 heterocycles. The van der Waals surface area contributed by atoms with E-state index >= 15 is 0 Å². The fourth-order valence-electron chi connectivity index (χ4n) is 1.38. The molecule has 0 aromatic heterocycles. The van der Waals surface area contributed by atoms with Gasteiger partial charge in [0.15, 0.2) is 0 Å². The Morgan fingerprint density at radius 2 is 1.92 bits per heavy atom. The number of rotatable bonds is 2. The lowest BCUT2D eigenvalue weighted by Gasteiger charge is -2.14. The van der Waals surface area contributed by atoms with Crippen molar-refractivity contribution in [3.63, 3.8) is 0 Å². The molecule has 0 radical (unpaired) electrons. The molecule has 1 nitrogen and oxygen atoms in total. The third-order valence-electron chi connectivity index (χ3n) is 2.33. The van der Waals surface area contributed by atoms with Gasteiger partial charge in [0.05, 0.1) is 0 Å². The molecule has 1 rings (SSSR count). The van der Waals surface area contributed by atoms with Gasteiger partial charge in [-0.3, -0.25) is 0 Å². The van der Waals surface area contributed by atoms with Crippen LogP contribution in [0.1, 0.15) is 29.7 Å². The smallest absolute Gasteiger partial charge is 0.0291 e. The maximum absolute atomic E-state index is 3.25. The lowest BCUT2D eigenvalue weighted by atomic mass is 10.0. The number of hydrogen-bond donors (Lipinski definition) is 1. The average molecular weight is 163 g/mol. The molecular formula is C11H17N. The molecule has 0 unspecified atom stereocenters. The summed E-state index contributed by atoms with van der Waals surface area (Å²) in [5, 5.41) is 3.25. The second kappa shape index (κ2) is 3.72. The highest BCUT2D eigenvalue weighted by atomic mass is 14.9. The Kier molecular flexibility index (Phi) is 2.88. The predicted octanol–water partition coefficient (Wildman–Crippen LogP) is 2.58. The summed E-state index contributed by atoms with van der Waals surface area (Å²) in [6.07, 6.45) is 0. The van der Waals surface area contributed by atoms with Crippen LogP contribution in [0.3, 0.4) is 0 Å². The minimum atomic E-state index is 0.449. The van der Waals surface area contributed by atoms with Gasteiger partial charge in [-0.05, 0) is 38.9 Å². The lowest BCUT2D eigenvalue weighted by molar-refractivity contribution is 0.648. The van der Waals surface area contributed by atoms with Gasteiger partial charge in [-0.15, -0.1) is 0 Å². The van der Waals surface area contributed by atoms with Crippen molar-refractivity contribution in [2.75, 3.05) is 7.05 Å². The van der Waals surface area contributed by atoms with Crippen molar-refractivity contribution in [3.8, 4) is 0 Å². The van der Waals surface area contributed by atoms with Crippen molar-refractivity contribution in [3.05, 3.63) is 34.9 Å². The molecule has 0 saturated carbocycles. The topological polar surface area (TPSA) is 12.0 Å². The average Bonchev–Trinajstić information content (AvgIpc) is 2.08. The van der Waals surface area contributed by atoms with Gasteiger partial charge in [0, 0.05) is 6.04 Å². The monoisotopic (exact) mass is 163 g/mol. The number of nitrogens with one attached hydrogen (secondary N) is 1. The fraction of sp³-hybridized carbons (Fsp3) is 0.455. The van der Waals surface area contributed by atoms with E-state index in [1.165, 1.54) is 16.7 Å². The van der Waals surface area contributed by atoms with Crippen molar-refractivity contribution < 1.29 is 0 Å². The van der Waals surface area contributed by atoms with Crippen molar-refractivity contribution in [1.82, 2.24) is 5.32 Å². The summed E-state index contributed by atoms with van der Waals surface area (Å²) in [4.78, 5) is 0. The Hall–Kier alpha value is -0.820. The molecule has 0 saturated heterocycles. The van der Waals surface area contributed by atoms with Gasteiger partial charge >= 0.3 is 0 Å². The zero-order chi connectivity index (χ0) is 9.14. The summed E-state index contributed by atoms with van der Waals surface area (Å²) in [6, 6.07) is 7.03. The van der Waals surface area contributed by atoms with Crippen LogP contribution in [0.5, 0.6) is 0 Å². The second-order valence-electron chi connectivity index (χ2n) is 3.37. The van der Waals surface area contributed by atoms with Crippen LogP contribution < -0.4 is 5.32 Å². The zero-order valence-corrected chi connectivity index (χ0v) is 8.31. The summed E-state index contributed by atoms with van der Waals surface area (Å²) < 4.78 is 0. The standard InChI is InChI=1S/C11H17N/c1-8-5-6-9(2)11(7-8)10(3)12-4/h5-7,10,12H,1-4H3/t10-/m1/s1. The molecular weight excluding hydrogens is 146 g/mol. The fourth-order valence-corrected chi connectivity index (χ4v) is 1.38. The number of aryl methyl sites for hydroxylation is 2. The number of benzene rings is 1. The van der Waals surface area contributed by atoms with Crippen molar-refractivity contribution in [2.45, 2.75) is 26.8 Å². The van der Waals surface area contributed by atoms with Crippen LogP contribution in [-0.4, -0.2) is 7.05 Å². The van der Waals surface area contributed by atoms with E-state index in [1.807, 2.05) is 7.05 Å². The zero-order valence-electron chi connectivity index (χ0n) is 8.31. The van der Waals surface area contributed by atoms with Crippen LogP contribution in [0.2, 0.25) is 0 Å². The molecule has 0 aliphatic carbocycles. The van der Waals surface area contributed by atoms with E-state index in [2.05, 4.69) is 44.3 Å². The summed E-state index contributed by atoms with van der Waals surface area (Å²) >= 11 is 0. The normalized spacial score (nSPS) is 13.0. The van der Waals surface area contributed by atoms with Gasteiger partial charge in [-0.1, -0.05) is 23.8 Å². The molecule has 1 N–H and O–H groups in total. The highest BCUT2D eigenvalue weighted by Gasteiger charge is 2.04. The molecule has 0 spiro atoms. The highest BCUT2D eigenvalue weighted by molar-refractivity contribution is 5.32. The summed E-state index contributed by atoms with van der Waals surface area (Å²) in [5.74, 6) is 0. The lowest BCUT2D eigenvalue weighted by Crippen LogP contribution is -2.13. The Morgan fingerprint density at radius 1 is 1.25 bits per heavy atom. The molecule has 0 fully saturated rings. The molecule has 0 aliphatic rings. The van der Waals surface area contributed by atoms with Gasteiger partial charge in [-0.25, -0.2) is 0 Å². The maximum atomic E-state index is 3.25. The van der Waals surface area contributed by atoms with Crippen molar-refractivity contribution in [1.29, 1.82) is 0 Å². The third kappa shape index (κ3) is 1.86. The Labute approximate surface area is 74.8 Å². The van der Waals surface area contributed by atoms with E-state index < -0.39 is 0 Å². The summed E-state index contributed by atoms with van der Waals surface area (Å²) in [7, 11) is 1.99. The second-order valence-corrected chi connectivity index (χ2v) is 3.37. The maximum Gasteiger partial charge on any atom is 0.0291 e. The largest absolute Gasteiger partial charge is 0.313 e. The van der Waals surface area contributed by atoms with Crippen LogP contribution in [-0.2, 0) is 0 Å². The van der Waals surface area contributed by atoms with Crippen LogP contribution in [0.4, 0.5) is 0 Å². The molecule has 1 aromatic rings. The van der Waals surface area contributed by atoms with Crippen LogP contribution in [0.25, 0.3) is 0 Å². The predicted molar refractivity (Wildman–Crippen MR) is 53.4 cm³/mol. The first-order chi connectivity index (χ1) is 5.65. The van der Waals surface area contributed by atoms with Gasteiger partial charge in [0.25, 0.3) is 0 Å². The Morgan fingerprint density at radius 3 is 2.50 bits per heavy atom. The Bertz CT molecular complexity index is 266. The van der Waals surface area contributed by atoms with E-state index in [0.29, 0.717) is 6.04 Å². The summed E-state index contributed by atoms with van der Waals surface area (Å²) in [6.45, 7) is 6.47. The SMILES string of the molecule is CN[C@H](C)c1cc(C)ccc1C. The molecule has 1 atom stereocenters. The van der Waals surface area contributed by atoms with Crippen LogP contribution in [0.15, 0.2) is 18.2 Å². The first-order valence-corrected chi connectivity index (χ1v) is 4.39. The van der Waals surface area contributed by atoms with Crippen molar-refractivity contribution >= 4 is 0 Å². The molecule has 12 heavy (non-hydrogen) atoms. The molecule has 1 aromatic carbocycles. The van der Waals surface area contributed by atoms with E-state index in [9.17, 15) is 0 Å². The third-order valence-corrected chi connectivity index (χ3v) is 2.33. The number of hydrogen-bond acceptors (Lipinski definition) is 1. The molecule has 1 heteroatoms. The molecule has 0 aliphatic heterocycles. The first kappa shape index (κ1) is 9.27. The Balaban J connectivity index is 3.04. The minimum absolute atomic E-state index is 0.449. The molecule has 66 valence electrons. The van der Waals surface area contributed by atoms with E-state index in [1.54, 1.807) is 0 Å². The van der Waals surface area contributed by atoms with Crippen molar-refractivity contribution in [2.24, 2.45) is 0 Å². The highest BCUT2D eigenvalue weighted by Crippen LogP contribution is 2.17. The molecule has 0 amide bonds. The van der Waals surface area contributed by atoms with E-state index in [4.69, 9.17) is 0 Å². The van der Waals surface area contributed by atoms with Gasteiger partial charge in [-0.2, -0.15) is 0 Å².